The first-order valence-electron chi connectivity index (χ1n) is 13.0. The quantitative estimate of drug-likeness (QED) is 0.259. The van der Waals surface area contributed by atoms with Crippen molar-refractivity contribution in [3.8, 4) is 11.1 Å². The van der Waals surface area contributed by atoms with Gasteiger partial charge in [-0.1, -0.05) is 35.9 Å². The van der Waals surface area contributed by atoms with Crippen LogP contribution in [0, 0.1) is 13.8 Å². The van der Waals surface area contributed by atoms with Crippen LogP contribution in [0.2, 0.25) is 0 Å². The van der Waals surface area contributed by atoms with Gasteiger partial charge in [0.05, 0.1) is 29.5 Å². The molecule has 190 valence electrons. The van der Waals surface area contributed by atoms with Crippen molar-refractivity contribution in [3.05, 3.63) is 102 Å². The van der Waals surface area contributed by atoms with Gasteiger partial charge in [-0.2, -0.15) is 5.10 Å². The van der Waals surface area contributed by atoms with E-state index in [4.69, 9.17) is 4.98 Å². The van der Waals surface area contributed by atoms with E-state index in [1.165, 1.54) is 12.8 Å². The van der Waals surface area contributed by atoms with Crippen LogP contribution in [0.25, 0.3) is 22.0 Å². The summed E-state index contributed by atoms with van der Waals surface area (Å²) in [7, 11) is 0. The van der Waals surface area contributed by atoms with Gasteiger partial charge in [0.15, 0.2) is 0 Å². The van der Waals surface area contributed by atoms with Crippen molar-refractivity contribution in [2.24, 2.45) is 0 Å². The number of carbonyl (C=O) groups excluding carboxylic acids is 1. The molecule has 5 aromatic rings. The number of nitrogens with one attached hydrogen (secondary N) is 2. The van der Waals surface area contributed by atoms with Gasteiger partial charge in [-0.3, -0.25) is 9.48 Å². The number of anilines is 2. The van der Waals surface area contributed by atoms with Crippen molar-refractivity contribution in [1.29, 1.82) is 0 Å². The minimum atomic E-state index is -0.135. The molecule has 0 bridgehead atoms. The summed E-state index contributed by atoms with van der Waals surface area (Å²) in [5.41, 5.74) is 7.92. The summed E-state index contributed by atoms with van der Waals surface area (Å²) in [5.74, 6) is 0.479. The van der Waals surface area contributed by atoms with Crippen LogP contribution in [0.4, 0.5) is 11.6 Å². The Balaban J connectivity index is 1.21. The molecule has 1 aliphatic rings. The third-order valence-corrected chi connectivity index (χ3v) is 7.06. The molecule has 1 aliphatic carbocycles. The fourth-order valence-corrected chi connectivity index (χ4v) is 4.70. The third kappa shape index (κ3) is 5.00. The average Bonchev–Trinajstić information content (AvgIpc) is 3.67. The predicted molar refractivity (Wildman–Crippen MR) is 151 cm³/mol. The Kier molecular flexibility index (Phi) is 6.12. The number of nitrogens with zero attached hydrogens (tertiary/aromatic N) is 4. The van der Waals surface area contributed by atoms with Gasteiger partial charge in [0.1, 0.15) is 0 Å². The van der Waals surface area contributed by atoms with Gasteiger partial charge in [-0.15, -0.1) is 0 Å². The van der Waals surface area contributed by atoms with Gasteiger partial charge in [-0.05, 0) is 86.2 Å². The van der Waals surface area contributed by atoms with E-state index < -0.39 is 0 Å². The molecule has 2 N–H and O–H groups in total. The molecule has 2 aromatic heterocycles. The monoisotopic (exact) mass is 502 g/mol. The van der Waals surface area contributed by atoms with Crippen LogP contribution >= 0.6 is 0 Å². The minimum absolute atomic E-state index is 0.0736. The third-order valence-electron chi connectivity index (χ3n) is 7.06. The minimum Gasteiger partial charge on any atom is -0.346 e. The number of rotatable bonds is 7. The maximum Gasteiger partial charge on any atom is 0.251 e. The number of aryl methyl sites for hydroxylation is 2. The molecular weight excluding hydrogens is 472 g/mol. The fraction of sp³-hybridized carbons (Fsp3) is 0.226. The highest BCUT2D eigenvalue weighted by Crippen LogP contribution is 2.35. The average molecular weight is 503 g/mol. The van der Waals surface area contributed by atoms with E-state index >= 15 is 0 Å². The molecule has 0 spiro atoms. The molecule has 1 amide bonds. The lowest BCUT2D eigenvalue weighted by atomic mass is 9.95. The second-order valence-electron chi connectivity index (χ2n) is 10.2. The van der Waals surface area contributed by atoms with Crippen molar-refractivity contribution in [1.82, 2.24) is 25.1 Å². The van der Waals surface area contributed by atoms with Crippen molar-refractivity contribution in [3.63, 3.8) is 0 Å². The van der Waals surface area contributed by atoms with Gasteiger partial charge >= 0.3 is 0 Å². The summed E-state index contributed by atoms with van der Waals surface area (Å²) in [6.45, 7) is 6.10. The van der Waals surface area contributed by atoms with Crippen molar-refractivity contribution < 1.29 is 4.79 Å². The number of aromatic nitrogens is 4. The van der Waals surface area contributed by atoms with Crippen molar-refractivity contribution >= 4 is 28.4 Å². The predicted octanol–water partition coefficient (Wildman–Crippen LogP) is 6.68. The highest BCUT2D eigenvalue weighted by Gasteiger charge is 2.24. The Bertz CT molecular complexity index is 1650. The Morgan fingerprint density at radius 1 is 1.03 bits per heavy atom. The van der Waals surface area contributed by atoms with Gasteiger partial charge < -0.3 is 10.6 Å². The maximum atomic E-state index is 12.8. The highest BCUT2D eigenvalue weighted by molar-refractivity contribution is 5.94. The molecule has 3 aromatic carbocycles. The first kappa shape index (κ1) is 23.9. The molecule has 2 heterocycles. The lowest BCUT2D eigenvalue weighted by Crippen LogP contribution is -2.26. The van der Waals surface area contributed by atoms with E-state index in [9.17, 15) is 4.79 Å². The maximum absolute atomic E-state index is 12.8. The van der Waals surface area contributed by atoms with E-state index in [1.807, 2.05) is 67.5 Å². The van der Waals surface area contributed by atoms with E-state index in [0.29, 0.717) is 17.6 Å². The largest absolute Gasteiger partial charge is 0.346 e. The standard InChI is InChI=1S/C31H30N6O/c1-19-5-4-6-24(13-19)30(38)34-21(3)22-8-7-20(2)28(15-22)23-9-12-29-25(14-23)16-32-31(36-29)35-26-17-33-37(18-26)27-10-11-27/h4-9,12-18,21,27H,10-11H2,1-3H3,(H,34,38)(H,32,35,36)/t21-/m0/s1. The van der Waals surface area contributed by atoms with Crippen molar-refractivity contribution in [2.45, 2.75) is 45.7 Å². The lowest BCUT2D eigenvalue weighted by molar-refractivity contribution is 0.0940. The Labute approximate surface area is 222 Å². The number of hydrogen-bond acceptors (Lipinski definition) is 5. The van der Waals surface area contributed by atoms with Crippen molar-refractivity contribution in [2.75, 3.05) is 5.32 Å². The van der Waals surface area contributed by atoms with Gasteiger partial charge in [0, 0.05) is 23.3 Å². The Hall–Kier alpha value is -4.52. The van der Waals surface area contributed by atoms with Crippen LogP contribution in [0.15, 0.2) is 79.3 Å². The molecule has 0 aliphatic heterocycles. The van der Waals surface area contributed by atoms with Crippen LogP contribution in [-0.2, 0) is 0 Å². The molecule has 1 saturated carbocycles. The van der Waals surface area contributed by atoms with Crippen LogP contribution in [0.1, 0.15) is 58.9 Å². The van der Waals surface area contributed by atoms with Crippen LogP contribution in [0.5, 0.6) is 0 Å². The molecule has 7 heteroatoms. The molecule has 38 heavy (non-hydrogen) atoms. The zero-order valence-electron chi connectivity index (χ0n) is 21.8. The molecule has 7 nitrogen and oxygen atoms in total. The molecule has 6 rings (SSSR count). The SMILES string of the molecule is Cc1cccc(C(=O)N[C@@H](C)c2ccc(C)c(-c3ccc4nc(Nc5cnn(C6CC6)c5)ncc4c3)c2)c1. The zero-order valence-corrected chi connectivity index (χ0v) is 21.8. The van der Waals surface area contributed by atoms with Crippen LogP contribution in [0.3, 0.4) is 0 Å². The van der Waals surface area contributed by atoms with E-state index in [1.54, 1.807) is 0 Å². The zero-order chi connectivity index (χ0) is 26.2. The topological polar surface area (TPSA) is 84.7 Å². The highest BCUT2D eigenvalue weighted by atomic mass is 16.1. The number of carbonyl (C=O) groups is 1. The Morgan fingerprint density at radius 2 is 1.89 bits per heavy atom. The van der Waals surface area contributed by atoms with E-state index in [0.717, 1.165) is 44.4 Å². The molecular formula is C31H30N6O. The number of hydrogen-bond donors (Lipinski definition) is 2. The number of amides is 1. The summed E-state index contributed by atoms with van der Waals surface area (Å²) in [6.07, 6.45) is 8.06. The fourth-order valence-electron chi connectivity index (χ4n) is 4.70. The first-order chi connectivity index (χ1) is 18.4. The van der Waals surface area contributed by atoms with E-state index in [2.05, 4.69) is 58.0 Å². The summed E-state index contributed by atoms with van der Waals surface area (Å²) in [6, 6.07) is 20.6. The Morgan fingerprint density at radius 3 is 2.71 bits per heavy atom. The normalized spacial score (nSPS) is 13.9. The summed E-state index contributed by atoms with van der Waals surface area (Å²) in [4.78, 5) is 22.0. The molecule has 1 atom stereocenters. The summed E-state index contributed by atoms with van der Waals surface area (Å²) >= 11 is 0. The lowest BCUT2D eigenvalue weighted by Gasteiger charge is -2.17. The second kappa shape index (κ2) is 9.74. The van der Waals surface area contributed by atoms with Crippen LogP contribution < -0.4 is 10.6 Å². The summed E-state index contributed by atoms with van der Waals surface area (Å²) < 4.78 is 2.00. The summed E-state index contributed by atoms with van der Waals surface area (Å²) in [5, 5.41) is 11.8. The molecule has 0 radical (unpaired) electrons. The second-order valence-corrected chi connectivity index (χ2v) is 10.2. The van der Waals surface area contributed by atoms with Gasteiger partial charge in [0.2, 0.25) is 5.95 Å². The number of benzene rings is 3. The van der Waals surface area contributed by atoms with Gasteiger partial charge in [-0.25, -0.2) is 9.97 Å². The van der Waals surface area contributed by atoms with E-state index in [-0.39, 0.29) is 11.9 Å². The first-order valence-corrected chi connectivity index (χ1v) is 13.0. The number of fused-ring (bicyclic) bond motifs is 1. The molecule has 0 saturated heterocycles. The van der Waals surface area contributed by atoms with Gasteiger partial charge in [0.25, 0.3) is 5.91 Å². The molecule has 1 fully saturated rings. The smallest absolute Gasteiger partial charge is 0.251 e. The van der Waals surface area contributed by atoms with Crippen LogP contribution in [-0.4, -0.2) is 25.7 Å². The molecule has 0 unspecified atom stereocenters.